The van der Waals surface area contributed by atoms with Crippen LogP contribution in [0.5, 0.6) is 0 Å². The van der Waals surface area contributed by atoms with Crippen LogP contribution in [0, 0.1) is 18.6 Å². The average Bonchev–Trinajstić information content (AvgIpc) is 2.64. The highest BCUT2D eigenvalue weighted by Crippen LogP contribution is 2.16. The molecule has 0 fully saturated rings. The molecule has 1 heterocycles. The molecule has 0 saturated carbocycles. The van der Waals surface area contributed by atoms with E-state index >= 15 is 0 Å². The summed E-state index contributed by atoms with van der Waals surface area (Å²) in [5.41, 5.74) is 2.52. The van der Waals surface area contributed by atoms with E-state index in [1.54, 1.807) is 12.1 Å². The summed E-state index contributed by atoms with van der Waals surface area (Å²) >= 11 is 0. The summed E-state index contributed by atoms with van der Waals surface area (Å²) in [5, 5.41) is 5.59. The number of aryl methyl sites for hydroxylation is 1. The fourth-order valence-corrected chi connectivity index (χ4v) is 2.41. The number of aromatic nitrogens is 1. The van der Waals surface area contributed by atoms with Crippen LogP contribution in [-0.4, -0.2) is 10.9 Å². The Kier molecular flexibility index (Phi) is 5.22. The quantitative estimate of drug-likeness (QED) is 0.708. The third-order valence-corrected chi connectivity index (χ3v) is 3.93. The van der Waals surface area contributed by atoms with Gasteiger partial charge in [0, 0.05) is 18.8 Å². The Morgan fingerprint density at radius 3 is 2.58 bits per heavy atom. The molecule has 1 aromatic heterocycles. The number of nitrogens with one attached hydrogen (secondary N) is 2. The number of pyridine rings is 1. The van der Waals surface area contributed by atoms with Crippen LogP contribution in [0.1, 0.15) is 21.5 Å². The summed E-state index contributed by atoms with van der Waals surface area (Å²) in [6, 6.07) is 14.2. The van der Waals surface area contributed by atoms with Crippen molar-refractivity contribution in [3.8, 4) is 0 Å². The van der Waals surface area contributed by atoms with Gasteiger partial charge in [-0.3, -0.25) is 4.79 Å². The molecule has 0 radical (unpaired) electrons. The Morgan fingerprint density at radius 1 is 1.08 bits per heavy atom. The molecule has 0 spiro atoms. The number of carbonyl (C=O) groups is 1. The zero-order valence-corrected chi connectivity index (χ0v) is 14.1. The Labute approximate surface area is 149 Å². The molecule has 0 aliphatic heterocycles. The second-order valence-corrected chi connectivity index (χ2v) is 5.79. The summed E-state index contributed by atoms with van der Waals surface area (Å²) in [6.45, 7) is 2.65. The first-order valence-electron chi connectivity index (χ1n) is 8.04. The highest BCUT2D eigenvalue weighted by atomic mass is 19.1. The number of hydrogen-bond acceptors (Lipinski definition) is 3. The molecular formula is C20H17F2N3O. The van der Waals surface area contributed by atoms with Crippen molar-refractivity contribution in [2.24, 2.45) is 0 Å². The maximum Gasteiger partial charge on any atom is 0.257 e. The smallest absolute Gasteiger partial charge is 0.257 e. The van der Waals surface area contributed by atoms with Gasteiger partial charge in [0.2, 0.25) is 0 Å². The fraction of sp³-hybridized carbons (Fsp3) is 0.100. The average molecular weight is 353 g/mol. The van der Waals surface area contributed by atoms with E-state index in [1.807, 2.05) is 31.2 Å². The molecular weight excluding hydrogens is 336 g/mol. The first kappa shape index (κ1) is 17.5. The molecule has 0 aliphatic carbocycles. The summed E-state index contributed by atoms with van der Waals surface area (Å²) in [4.78, 5) is 16.4. The van der Waals surface area contributed by atoms with Gasteiger partial charge in [-0.25, -0.2) is 13.8 Å². The van der Waals surface area contributed by atoms with Crippen LogP contribution < -0.4 is 10.6 Å². The number of amides is 1. The minimum Gasteiger partial charge on any atom is -0.366 e. The van der Waals surface area contributed by atoms with E-state index in [0.717, 1.165) is 11.6 Å². The van der Waals surface area contributed by atoms with Crippen LogP contribution >= 0.6 is 0 Å². The Balaban J connectivity index is 1.63. The zero-order valence-electron chi connectivity index (χ0n) is 14.1. The summed E-state index contributed by atoms with van der Waals surface area (Å²) in [5.74, 6) is -1.43. The van der Waals surface area contributed by atoms with Gasteiger partial charge in [-0.1, -0.05) is 24.3 Å². The van der Waals surface area contributed by atoms with Crippen molar-refractivity contribution in [3.05, 3.63) is 89.1 Å². The lowest BCUT2D eigenvalue weighted by molar-refractivity contribution is 0.102. The van der Waals surface area contributed by atoms with Gasteiger partial charge in [-0.05, 0) is 42.3 Å². The highest BCUT2D eigenvalue weighted by Gasteiger charge is 2.10. The lowest BCUT2D eigenvalue weighted by Gasteiger charge is -2.09. The van der Waals surface area contributed by atoms with Crippen LogP contribution in [0.2, 0.25) is 0 Å². The van der Waals surface area contributed by atoms with E-state index in [0.29, 0.717) is 18.4 Å². The van der Waals surface area contributed by atoms with Crippen molar-refractivity contribution in [3.63, 3.8) is 0 Å². The van der Waals surface area contributed by atoms with E-state index in [2.05, 4.69) is 15.6 Å². The summed E-state index contributed by atoms with van der Waals surface area (Å²) in [7, 11) is 0. The van der Waals surface area contributed by atoms with Crippen molar-refractivity contribution in [1.29, 1.82) is 0 Å². The molecule has 0 aliphatic rings. The van der Waals surface area contributed by atoms with Crippen molar-refractivity contribution < 1.29 is 13.6 Å². The fourth-order valence-electron chi connectivity index (χ4n) is 2.41. The van der Waals surface area contributed by atoms with Crippen molar-refractivity contribution in [2.75, 3.05) is 10.6 Å². The normalized spacial score (nSPS) is 10.4. The molecule has 0 bridgehead atoms. The molecule has 26 heavy (non-hydrogen) atoms. The molecule has 0 saturated heterocycles. The van der Waals surface area contributed by atoms with E-state index in [1.165, 1.54) is 17.8 Å². The molecule has 0 unspecified atom stereocenters. The Morgan fingerprint density at radius 2 is 1.88 bits per heavy atom. The Bertz CT molecular complexity index is 927. The number of nitrogens with zero attached hydrogens (tertiary/aromatic N) is 1. The van der Waals surface area contributed by atoms with Crippen molar-refractivity contribution in [1.82, 2.24) is 4.98 Å². The Hall–Kier alpha value is -3.28. The van der Waals surface area contributed by atoms with Gasteiger partial charge in [0.1, 0.15) is 17.5 Å². The van der Waals surface area contributed by atoms with Crippen LogP contribution in [0.15, 0.2) is 60.8 Å². The van der Waals surface area contributed by atoms with Gasteiger partial charge >= 0.3 is 0 Å². The van der Waals surface area contributed by atoms with Crippen LogP contribution in [-0.2, 0) is 6.54 Å². The third-order valence-electron chi connectivity index (χ3n) is 3.93. The molecule has 6 heteroatoms. The monoisotopic (exact) mass is 353 g/mol. The number of carbonyl (C=O) groups excluding carboxylic acids is 1. The number of benzene rings is 2. The van der Waals surface area contributed by atoms with Gasteiger partial charge in [0.15, 0.2) is 0 Å². The molecule has 3 aromatic rings. The lowest BCUT2D eigenvalue weighted by atomic mass is 10.1. The van der Waals surface area contributed by atoms with E-state index in [-0.39, 0.29) is 11.3 Å². The number of rotatable bonds is 5. The van der Waals surface area contributed by atoms with Gasteiger partial charge in [0.05, 0.1) is 11.3 Å². The topological polar surface area (TPSA) is 54.0 Å². The van der Waals surface area contributed by atoms with Crippen molar-refractivity contribution >= 4 is 17.4 Å². The lowest BCUT2D eigenvalue weighted by Crippen LogP contribution is -2.13. The van der Waals surface area contributed by atoms with Gasteiger partial charge in [-0.2, -0.15) is 0 Å². The third kappa shape index (κ3) is 4.22. The second-order valence-electron chi connectivity index (χ2n) is 5.79. The second kappa shape index (κ2) is 7.74. The number of hydrogen-bond donors (Lipinski definition) is 2. The van der Waals surface area contributed by atoms with Crippen LogP contribution in [0.4, 0.5) is 20.3 Å². The zero-order chi connectivity index (χ0) is 18.5. The van der Waals surface area contributed by atoms with Gasteiger partial charge < -0.3 is 10.6 Å². The SMILES string of the molecule is Cc1ccccc1CNc1ccc(C(=O)Nc2ccc(F)cc2F)cn1. The molecule has 4 nitrogen and oxygen atoms in total. The maximum absolute atomic E-state index is 13.6. The van der Waals surface area contributed by atoms with Gasteiger partial charge in [0.25, 0.3) is 5.91 Å². The number of anilines is 2. The first-order chi connectivity index (χ1) is 12.5. The molecule has 1 amide bonds. The molecule has 2 aromatic carbocycles. The van der Waals surface area contributed by atoms with Crippen molar-refractivity contribution in [2.45, 2.75) is 13.5 Å². The minimum absolute atomic E-state index is 0.0850. The summed E-state index contributed by atoms with van der Waals surface area (Å²) in [6.07, 6.45) is 1.40. The maximum atomic E-state index is 13.6. The predicted octanol–water partition coefficient (Wildman–Crippen LogP) is 4.53. The standard InChI is InChI=1S/C20H17F2N3O/c1-13-4-2-3-5-14(13)11-23-19-9-6-15(12-24-19)20(26)25-18-8-7-16(21)10-17(18)22/h2-10,12H,11H2,1H3,(H,23,24)(H,25,26). The van der Waals surface area contributed by atoms with Gasteiger partial charge in [-0.15, -0.1) is 0 Å². The summed E-state index contributed by atoms with van der Waals surface area (Å²) < 4.78 is 26.5. The van der Waals surface area contributed by atoms with E-state index in [9.17, 15) is 13.6 Å². The predicted molar refractivity (Wildman–Crippen MR) is 97.1 cm³/mol. The number of halogens is 2. The van der Waals surface area contributed by atoms with E-state index in [4.69, 9.17) is 0 Å². The first-order valence-corrected chi connectivity index (χ1v) is 8.04. The molecule has 132 valence electrons. The molecule has 2 N–H and O–H groups in total. The highest BCUT2D eigenvalue weighted by molar-refractivity contribution is 6.04. The van der Waals surface area contributed by atoms with Crippen LogP contribution in [0.3, 0.4) is 0 Å². The largest absolute Gasteiger partial charge is 0.366 e. The minimum atomic E-state index is -0.831. The van der Waals surface area contributed by atoms with E-state index < -0.39 is 17.5 Å². The molecule has 0 atom stereocenters. The van der Waals surface area contributed by atoms with Crippen LogP contribution in [0.25, 0.3) is 0 Å². The molecule has 3 rings (SSSR count).